The molecule has 2 heterocycles. The summed E-state index contributed by atoms with van der Waals surface area (Å²) in [5.74, 6) is 0.0722. The summed E-state index contributed by atoms with van der Waals surface area (Å²) in [4.78, 5) is 26.6. The van der Waals surface area contributed by atoms with Crippen molar-refractivity contribution in [1.82, 2.24) is 10.3 Å². The van der Waals surface area contributed by atoms with E-state index < -0.39 is 0 Å². The zero-order chi connectivity index (χ0) is 12.7. The predicted octanol–water partition coefficient (Wildman–Crippen LogP) is 2.05. The van der Waals surface area contributed by atoms with E-state index in [1.165, 1.54) is 0 Å². The maximum atomic E-state index is 11.7. The first-order chi connectivity index (χ1) is 8.70. The number of benzene rings is 1. The van der Waals surface area contributed by atoms with Gasteiger partial charge in [-0.3, -0.25) is 9.59 Å². The van der Waals surface area contributed by atoms with Crippen molar-refractivity contribution in [2.45, 2.75) is 19.8 Å². The van der Waals surface area contributed by atoms with E-state index in [1.54, 1.807) is 0 Å². The molecule has 1 aliphatic rings. The Morgan fingerprint density at radius 1 is 1.39 bits per heavy atom. The lowest BCUT2D eigenvalue weighted by Crippen LogP contribution is -2.31. The van der Waals surface area contributed by atoms with Gasteiger partial charge >= 0.3 is 0 Å². The number of Topliss-reactive ketones (excluding diaryl/α,β-unsaturated/α-hetero) is 1. The molecule has 0 saturated heterocycles. The second-order valence-corrected chi connectivity index (χ2v) is 4.52. The van der Waals surface area contributed by atoms with Gasteiger partial charge in [0.05, 0.1) is 0 Å². The summed E-state index contributed by atoms with van der Waals surface area (Å²) in [7, 11) is 0. The number of rotatable bonds is 2. The fourth-order valence-electron chi connectivity index (χ4n) is 2.47. The average Bonchev–Trinajstić information content (AvgIpc) is 2.77. The van der Waals surface area contributed by atoms with Gasteiger partial charge in [-0.05, 0) is 30.2 Å². The van der Waals surface area contributed by atoms with Gasteiger partial charge in [0.2, 0.25) is 0 Å². The molecule has 0 saturated carbocycles. The summed E-state index contributed by atoms with van der Waals surface area (Å²) >= 11 is 0. The molecule has 1 aromatic carbocycles. The Labute approximate surface area is 104 Å². The molecular formula is C14H14N2O2. The first-order valence-electron chi connectivity index (χ1n) is 6.16. The van der Waals surface area contributed by atoms with E-state index >= 15 is 0 Å². The molecule has 0 atom stereocenters. The predicted molar refractivity (Wildman–Crippen MR) is 69.0 cm³/mol. The first kappa shape index (κ1) is 11.0. The molecule has 0 aliphatic carbocycles. The molecule has 2 aromatic rings. The highest BCUT2D eigenvalue weighted by Gasteiger charge is 2.21. The van der Waals surface area contributed by atoms with E-state index in [-0.39, 0.29) is 11.7 Å². The summed E-state index contributed by atoms with van der Waals surface area (Å²) in [5.41, 5.74) is 3.30. The molecule has 92 valence electrons. The van der Waals surface area contributed by atoms with Crippen LogP contribution in [-0.2, 0) is 6.42 Å². The fourth-order valence-corrected chi connectivity index (χ4v) is 2.47. The third kappa shape index (κ3) is 1.53. The molecule has 1 aliphatic heterocycles. The second kappa shape index (κ2) is 3.98. The minimum Gasteiger partial charge on any atom is -0.350 e. The number of carbonyl (C=O) groups excluding carboxylic acids is 2. The summed E-state index contributed by atoms with van der Waals surface area (Å²) in [6.45, 7) is 2.51. The Morgan fingerprint density at radius 3 is 3.00 bits per heavy atom. The summed E-state index contributed by atoms with van der Waals surface area (Å²) in [6.07, 6.45) is 1.31. The van der Waals surface area contributed by atoms with Crippen LogP contribution in [0.4, 0.5) is 0 Å². The number of aromatic amines is 1. The van der Waals surface area contributed by atoms with Gasteiger partial charge < -0.3 is 10.3 Å². The van der Waals surface area contributed by atoms with E-state index in [0.717, 1.165) is 28.5 Å². The number of nitrogens with one attached hydrogen (secondary N) is 2. The fraction of sp³-hybridized carbons (Fsp3) is 0.286. The van der Waals surface area contributed by atoms with Gasteiger partial charge in [0.1, 0.15) is 5.69 Å². The third-order valence-electron chi connectivity index (χ3n) is 3.44. The van der Waals surface area contributed by atoms with Crippen LogP contribution in [0.2, 0.25) is 0 Å². The number of hydrogen-bond donors (Lipinski definition) is 2. The van der Waals surface area contributed by atoms with Crippen LogP contribution < -0.4 is 5.32 Å². The Balaban J connectivity index is 2.21. The standard InChI is InChI=1S/C14H14N2O2/c1-2-12(17)8-3-4-11-10(7-8)9-5-6-15-14(18)13(9)16-11/h3-4,7,16H,2,5-6H2,1H3,(H,15,18). The third-order valence-corrected chi connectivity index (χ3v) is 3.44. The Kier molecular flexibility index (Phi) is 2.44. The topological polar surface area (TPSA) is 62.0 Å². The van der Waals surface area contributed by atoms with Crippen molar-refractivity contribution in [2.24, 2.45) is 0 Å². The minimum absolute atomic E-state index is 0.0594. The van der Waals surface area contributed by atoms with Crippen molar-refractivity contribution in [3.8, 4) is 0 Å². The van der Waals surface area contributed by atoms with Gasteiger partial charge in [0, 0.05) is 29.4 Å². The van der Waals surface area contributed by atoms with Crippen molar-refractivity contribution in [1.29, 1.82) is 0 Å². The van der Waals surface area contributed by atoms with Crippen molar-refractivity contribution >= 4 is 22.6 Å². The normalized spacial score (nSPS) is 14.4. The zero-order valence-corrected chi connectivity index (χ0v) is 10.2. The lowest BCUT2D eigenvalue weighted by molar-refractivity contribution is 0.0940. The lowest BCUT2D eigenvalue weighted by atomic mass is 10.0. The van der Waals surface area contributed by atoms with Gasteiger partial charge in [-0.15, -0.1) is 0 Å². The molecule has 0 radical (unpaired) electrons. The molecule has 0 fully saturated rings. The second-order valence-electron chi connectivity index (χ2n) is 4.52. The van der Waals surface area contributed by atoms with Crippen LogP contribution in [0.1, 0.15) is 39.8 Å². The molecule has 0 spiro atoms. The Bertz CT molecular complexity index is 655. The molecular weight excluding hydrogens is 228 g/mol. The average molecular weight is 242 g/mol. The maximum Gasteiger partial charge on any atom is 0.268 e. The van der Waals surface area contributed by atoms with E-state index in [9.17, 15) is 9.59 Å². The summed E-state index contributed by atoms with van der Waals surface area (Å²) in [5, 5.41) is 3.81. The van der Waals surface area contributed by atoms with Crippen LogP contribution in [0.25, 0.3) is 10.9 Å². The van der Waals surface area contributed by atoms with Gasteiger partial charge in [0.25, 0.3) is 5.91 Å². The van der Waals surface area contributed by atoms with E-state index in [4.69, 9.17) is 0 Å². The monoisotopic (exact) mass is 242 g/mol. The minimum atomic E-state index is -0.0594. The van der Waals surface area contributed by atoms with Crippen molar-refractivity contribution < 1.29 is 9.59 Å². The number of aromatic nitrogens is 1. The maximum absolute atomic E-state index is 11.7. The molecule has 4 nitrogen and oxygen atoms in total. The molecule has 0 bridgehead atoms. The number of carbonyl (C=O) groups is 2. The molecule has 1 amide bonds. The van der Waals surface area contributed by atoms with Crippen LogP contribution in [0.15, 0.2) is 18.2 Å². The lowest BCUT2D eigenvalue weighted by Gasteiger charge is -2.12. The van der Waals surface area contributed by atoms with Gasteiger partial charge in [0.15, 0.2) is 5.78 Å². The van der Waals surface area contributed by atoms with Gasteiger partial charge in [-0.1, -0.05) is 6.92 Å². The van der Waals surface area contributed by atoms with Gasteiger partial charge in [-0.25, -0.2) is 0 Å². The van der Waals surface area contributed by atoms with Crippen molar-refractivity contribution in [3.05, 3.63) is 35.0 Å². The number of amides is 1. The molecule has 3 rings (SSSR count). The summed E-state index contributed by atoms with van der Waals surface area (Å²) in [6, 6.07) is 5.59. The highest BCUT2D eigenvalue weighted by molar-refractivity contribution is 6.05. The number of hydrogen-bond acceptors (Lipinski definition) is 2. The molecule has 4 heteroatoms. The van der Waals surface area contributed by atoms with Crippen LogP contribution in [-0.4, -0.2) is 23.2 Å². The van der Waals surface area contributed by atoms with E-state index in [0.29, 0.717) is 18.7 Å². The van der Waals surface area contributed by atoms with E-state index in [2.05, 4.69) is 10.3 Å². The number of fused-ring (bicyclic) bond motifs is 3. The largest absolute Gasteiger partial charge is 0.350 e. The van der Waals surface area contributed by atoms with Gasteiger partial charge in [-0.2, -0.15) is 0 Å². The van der Waals surface area contributed by atoms with Crippen LogP contribution >= 0.6 is 0 Å². The summed E-state index contributed by atoms with van der Waals surface area (Å²) < 4.78 is 0. The number of H-pyrrole nitrogens is 1. The quantitative estimate of drug-likeness (QED) is 0.792. The van der Waals surface area contributed by atoms with E-state index in [1.807, 2.05) is 25.1 Å². The van der Waals surface area contributed by atoms with Crippen molar-refractivity contribution in [2.75, 3.05) is 6.54 Å². The molecule has 0 unspecified atom stereocenters. The number of ketones is 1. The smallest absolute Gasteiger partial charge is 0.268 e. The van der Waals surface area contributed by atoms with Crippen molar-refractivity contribution in [3.63, 3.8) is 0 Å². The van der Waals surface area contributed by atoms with Crippen LogP contribution in [0.5, 0.6) is 0 Å². The first-order valence-corrected chi connectivity index (χ1v) is 6.16. The highest BCUT2D eigenvalue weighted by Crippen LogP contribution is 2.26. The Hall–Kier alpha value is -2.10. The Morgan fingerprint density at radius 2 is 2.22 bits per heavy atom. The zero-order valence-electron chi connectivity index (χ0n) is 10.2. The molecule has 2 N–H and O–H groups in total. The SMILES string of the molecule is CCC(=O)c1ccc2[nH]c3c(c2c1)CCNC3=O. The molecule has 18 heavy (non-hydrogen) atoms. The van der Waals surface area contributed by atoms with Crippen LogP contribution in [0, 0.1) is 0 Å². The molecule has 1 aromatic heterocycles. The van der Waals surface area contributed by atoms with Crippen LogP contribution in [0.3, 0.4) is 0 Å². The highest BCUT2D eigenvalue weighted by atomic mass is 16.2.